The second kappa shape index (κ2) is 7.45. The maximum absolute atomic E-state index is 12.7. The van der Waals surface area contributed by atoms with E-state index in [1.54, 1.807) is 13.2 Å². The van der Waals surface area contributed by atoms with E-state index in [-0.39, 0.29) is 11.5 Å². The summed E-state index contributed by atoms with van der Waals surface area (Å²) in [6.45, 7) is 3.35. The van der Waals surface area contributed by atoms with Crippen LogP contribution in [0.4, 0.5) is 5.69 Å². The van der Waals surface area contributed by atoms with Crippen LogP contribution in [0.1, 0.15) is 35.2 Å². The van der Waals surface area contributed by atoms with Crippen LogP contribution < -0.4 is 15.4 Å². The highest BCUT2D eigenvalue weighted by atomic mass is 35.5. The van der Waals surface area contributed by atoms with Crippen LogP contribution >= 0.6 is 11.6 Å². The lowest BCUT2D eigenvalue weighted by Crippen LogP contribution is -2.59. The van der Waals surface area contributed by atoms with Crippen molar-refractivity contribution in [2.24, 2.45) is 0 Å². The zero-order valence-corrected chi connectivity index (χ0v) is 17.8. The van der Waals surface area contributed by atoms with Crippen molar-refractivity contribution >= 4 is 23.2 Å². The number of halogens is 1. The number of hydrogen-bond donors (Lipinski definition) is 2. The average Bonchev–Trinajstić information content (AvgIpc) is 3.08. The fraction of sp³-hybridized carbons (Fsp3) is 0.435. The smallest absolute Gasteiger partial charge is 0.255 e. The molecule has 2 aromatic rings. The van der Waals surface area contributed by atoms with E-state index in [9.17, 15) is 4.79 Å². The molecule has 2 N–H and O–H groups in total. The number of nitrogens with one attached hydrogen (secondary N) is 2. The number of amides is 1. The molecule has 2 fully saturated rings. The van der Waals surface area contributed by atoms with Crippen molar-refractivity contribution in [3.63, 3.8) is 0 Å². The fourth-order valence-corrected chi connectivity index (χ4v) is 5.08. The number of anilines is 1. The topological polar surface area (TPSA) is 62.8 Å². The van der Waals surface area contributed by atoms with Crippen molar-refractivity contribution in [1.29, 1.82) is 0 Å². The van der Waals surface area contributed by atoms with Crippen molar-refractivity contribution in [3.05, 3.63) is 58.6 Å². The van der Waals surface area contributed by atoms with Gasteiger partial charge in [0.1, 0.15) is 11.4 Å². The molecule has 2 spiro atoms. The van der Waals surface area contributed by atoms with Crippen LogP contribution in [0, 0.1) is 0 Å². The summed E-state index contributed by atoms with van der Waals surface area (Å²) in [4.78, 5) is 15.2. The number of carbonyl (C=O) groups is 1. The summed E-state index contributed by atoms with van der Waals surface area (Å²) in [6, 6.07) is 13.6. The molecule has 6 nitrogen and oxygen atoms in total. The lowest BCUT2D eigenvalue weighted by Gasteiger charge is -2.41. The molecule has 5 rings (SSSR count). The molecule has 3 aliphatic heterocycles. The molecule has 2 saturated heterocycles. The molecule has 2 aromatic carbocycles. The highest BCUT2D eigenvalue weighted by Gasteiger charge is 2.53. The first-order valence-electron chi connectivity index (χ1n) is 10.4. The van der Waals surface area contributed by atoms with Gasteiger partial charge in [0.25, 0.3) is 5.91 Å². The molecule has 1 amide bonds. The van der Waals surface area contributed by atoms with Gasteiger partial charge in [0.2, 0.25) is 0 Å². The second-order valence-corrected chi connectivity index (χ2v) is 9.06. The third-order valence-corrected chi connectivity index (χ3v) is 6.77. The maximum atomic E-state index is 12.7. The van der Waals surface area contributed by atoms with E-state index in [0.717, 1.165) is 50.3 Å². The van der Waals surface area contributed by atoms with Crippen molar-refractivity contribution in [1.82, 2.24) is 10.2 Å². The number of piperidine rings is 1. The predicted molar refractivity (Wildman–Crippen MR) is 116 cm³/mol. The maximum Gasteiger partial charge on any atom is 0.255 e. The molecule has 1 atom stereocenters. The molecule has 0 radical (unpaired) electrons. The first-order chi connectivity index (χ1) is 14.5. The van der Waals surface area contributed by atoms with Gasteiger partial charge in [0.15, 0.2) is 0 Å². The lowest BCUT2D eigenvalue weighted by molar-refractivity contribution is -0.0452. The third-order valence-electron chi connectivity index (χ3n) is 6.53. The van der Waals surface area contributed by atoms with Crippen LogP contribution in [0.5, 0.6) is 5.75 Å². The molecule has 158 valence electrons. The number of ether oxygens (including phenoxy) is 2. The minimum atomic E-state index is -0.546. The Morgan fingerprint density at radius 3 is 2.63 bits per heavy atom. The molecule has 3 heterocycles. The Kier molecular flexibility index (Phi) is 4.88. The molecule has 30 heavy (non-hydrogen) atoms. The molecule has 0 aliphatic carbocycles. The number of likely N-dealkylation sites (tertiary alicyclic amines) is 1. The van der Waals surface area contributed by atoms with E-state index in [4.69, 9.17) is 21.1 Å². The first-order valence-corrected chi connectivity index (χ1v) is 10.8. The van der Waals surface area contributed by atoms with Crippen LogP contribution in [0.2, 0.25) is 5.02 Å². The Hall–Kier alpha value is -2.28. The molecule has 0 saturated carbocycles. The zero-order valence-electron chi connectivity index (χ0n) is 17.0. The van der Waals surface area contributed by atoms with Gasteiger partial charge in [0.05, 0.1) is 24.9 Å². The normalized spacial score (nSPS) is 25.1. The second-order valence-electron chi connectivity index (χ2n) is 8.62. The molecule has 1 unspecified atom stereocenters. The highest BCUT2D eigenvalue weighted by Crippen LogP contribution is 2.43. The quantitative estimate of drug-likeness (QED) is 0.782. The van der Waals surface area contributed by atoms with E-state index in [1.807, 2.05) is 24.3 Å². The van der Waals surface area contributed by atoms with E-state index in [1.165, 1.54) is 5.56 Å². The zero-order chi connectivity index (χ0) is 20.8. The number of nitrogens with zero attached hydrogens (tertiary/aromatic N) is 1. The van der Waals surface area contributed by atoms with Gasteiger partial charge in [-0.1, -0.05) is 23.7 Å². The number of rotatable bonds is 3. The van der Waals surface area contributed by atoms with Crippen LogP contribution in [0.15, 0.2) is 42.5 Å². The first kappa shape index (κ1) is 19.7. The van der Waals surface area contributed by atoms with Gasteiger partial charge in [-0.05, 0) is 48.7 Å². The van der Waals surface area contributed by atoms with E-state index in [0.29, 0.717) is 17.2 Å². The minimum Gasteiger partial charge on any atom is -0.497 e. The van der Waals surface area contributed by atoms with Gasteiger partial charge in [-0.15, -0.1) is 0 Å². The van der Waals surface area contributed by atoms with Crippen LogP contribution in [0.25, 0.3) is 0 Å². The van der Waals surface area contributed by atoms with Crippen molar-refractivity contribution in [2.45, 2.75) is 37.1 Å². The Morgan fingerprint density at radius 1 is 1.13 bits per heavy atom. The largest absolute Gasteiger partial charge is 0.497 e. The fourth-order valence-electron chi connectivity index (χ4n) is 4.90. The Labute approximate surface area is 181 Å². The van der Waals surface area contributed by atoms with Gasteiger partial charge in [0, 0.05) is 36.8 Å². The van der Waals surface area contributed by atoms with Gasteiger partial charge < -0.3 is 20.1 Å². The highest BCUT2D eigenvalue weighted by molar-refractivity contribution is 6.31. The third kappa shape index (κ3) is 3.64. The average molecular weight is 428 g/mol. The molecule has 0 aromatic heterocycles. The number of hydrogen-bond acceptors (Lipinski definition) is 5. The van der Waals surface area contributed by atoms with Crippen molar-refractivity contribution in [2.75, 3.05) is 32.1 Å². The lowest BCUT2D eigenvalue weighted by atomic mass is 9.84. The van der Waals surface area contributed by atoms with Gasteiger partial charge in [-0.2, -0.15) is 0 Å². The Bertz CT molecular complexity index is 957. The summed E-state index contributed by atoms with van der Waals surface area (Å²) in [7, 11) is 1.69. The van der Waals surface area contributed by atoms with E-state index in [2.05, 4.69) is 27.7 Å². The summed E-state index contributed by atoms with van der Waals surface area (Å²) < 4.78 is 11.6. The van der Waals surface area contributed by atoms with Crippen LogP contribution in [-0.4, -0.2) is 48.9 Å². The number of carbonyl (C=O) groups excluding carboxylic acids is 1. The van der Waals surface area contributed by atoms with Crippen molar-refractivity contribution < 1.29 is 14.3 Å². The SMILES string of the molecule is COc1ccc(CN2CCC3(CC2)CC2(CO3)NC(=O)c3cc(Cl)ccc3N2)cc1. The number of fused-ring (bicyclic) bond motifs is 1. The molecule has 3 aliphatic rings. The minimum absolute atomic E-state index is 0.0937. The van der Waals surface area contributed by atoms with Crippen LogP contribution in [0.3, 0.4) is 0 Å². The number of methoxy groups -OCH3 is 1. The summed E-state index contributed by atoms with van der Waals surface area (Å²) in [6.07, 6.45) is 2.68. The van der Waals surface area contributed by atoms with Crippen LogP contribution in [-0.2, 0) is 11.3 Å². The standard InChI is InChI=1S/C23H26ClN3O3/c1-29-18-5-2-16(3-6-18)13-27-10-8-22(9-11-27)14-23(15-30-22)25-20-7-4-17(24)12-19(20)21(28)26-23/h2-7,12,25H,8-11,13-15H2,1H3,(H,26,28). The van der Waals surface area contributed by atoms with Gasteiger partial charge in [-0.3, -0.25) is 9.69 Å². The predicted octanol–water partition coefficient (Wildman–Crippen LogP) is 3.66. The molecular weight excluding hydrogens is 402 g/mol. The summed E-state index contributed by atoms with van der Waals surface area (Å²) in [5.74, 6) is 0.788. The van der Waals surface area contributed by atoms with Crippen molar-refractivity contribution in [3.8, 4) is 5.75 Å². The van der Waals surface area contributed by atoms with Gasteiger partial charge >= 0.3 is 0 Å². The molecular formula is C23H26ClN3O3. The summed E-state index contributed by atoms with van der Waals surface area (Å²) in [5, 5.41) is 7.23. The number of benzene rings is 2. The molecule has 0 bridgehead atoms. The summed E-state index contributed by atoms with van der Waals surface area (Å²) in [5.41, 5.74) is 1.95. The van der Waals surface area contributed by atoms with Gasteiger partial charge in [-0.25, -0.2) is 0 Å². The van der Waals surface area contributed by atoms with E-state index < -0.39 is 5.66 Å². The van der Waals surface area contributed by atoms with E-state index >= 15 is 0 Å². The molecule has 7 heteroatoms. The summed E-state index contributed by atoms with van der Waals surface area (Å²) >= 11 is 6.05. The Morgan fingerprint density at radius 2 is 1.90 bits per heavy atom. The monoisotopic (exact) mass is 427 g/mol. The Balaban J connectivity index is 1.23.